The largest absolute Gasteiger partial charge is 0.452 e. The Kier molecular flexibility index (Phi) is 6.46. The molecular formula is C46H29N3O. The predicted molar refractivity (Wildman–Crippen MR) is 205 cm³/mol. The second kappa shape index (κ2) is 11.4. The first-order valence-corrected chi connectivity index (χ1v) is 16.8. The molecule has 0 aliphatic rings. The Morgan fingerprint density at radius 3 is 1.90 bits per heavy atom. The van der Waals surface area contributed by atoms with Crippen LogP contribution in [0.5, 0.6) is 0 Å². The monoisotopic (exact) mass is 639 g/mol. The molecule has 3 aromatic heterocycles. The number of furan rings is 1. The van der Waals surface area contributed by atoms with Crippen LogP contribution >= 0.6 is 0 Å². The van der Waals surface area contributed by atoms with Gasteiger partial charge in [0, 0.05) is 33.0 Å². The highest BCUT2D eigenvalue weighted by Gasteiger charge is 2.20. The molecule has 234 valence electrons. The van der Waals surface area contributed by atoms with Crippen molar-refractivity contribution in [3.8, 4) is 50.6 Å². The van der Waals surface area contributed by atoms with E-state index in [2.05, 4.69) is 132 Å². The summed E-state index contributed by atoms with van der Waals surface area (Å²) in [4.78, 5) is 10.1. The molecule has 0 fully saturated rings. The molecule has 10 aromatic rings. The number of aromatic nitrogens is 3. The van der Waals surface area contributed by atoms with E-state index in [4.69, 9.17) is 14.4 Å². The maximum Gasteiger partial charge on any atom is 0.180 e. The van der Waals surface area contributed by atoms with Crippen molar-refractivity contribution in [1.82, 2.24) is 14.5 Å². The topological polar surface area (TPSA) is 43.9 Å². The SMILES string of the molecule is c1ccc(-c2nc(-c3ccccc3)c3oc4ccc(-c5cccc(-c6cccc7c6c6ccccc6n7-c6ccccc6)c5)cc4c3n2)cc1. The van der Waals surface area contributed by atoms with Gasteiger partial charge in [0.2, 0.25) is 0 Å². The van der Waals surface area contributed by atoms with Crippen molar-refractivity contribution in [1.29, 1.82) is 0 Å². The van der Waals surface area contributed by atoms with Crippen LogP contribution in [0.1, 0.15) is 0 Å². The molecule has 0 amide bonds. The molecule has 0 saturated carbocycles. The van der Waals surface area contributed by atoms with Crippen LogP contribution in [0.15, 0.2) is 180 Å². The summed E-state index contributed by atoms with van der Waals surface area (Å²) in [5.74, 6) is 0.676. The number of rotatable bonds is 5. The van der Waals surface area contributed by atoms with Crippen molar-refractivity contribution in [3.05, 3.63) is 176 Å². The summed E-state index contributed by atoms with van der Waals surface area (Å²) >= 11 is 0. The van der Waals surface area contributed by atoms with Crippen molar-refractivity contribution in [2.24, 2.45) is 0 Å². The molecule has 4 nitrogen and oxygen atoms in total. The Balaban J connectivity index is 1.15. The highest BCUT2D eigenvalue weighted by atomic mass is 16.3. The highest BCUT2D eigenvalue weighted by Crippen LogP contribution is 2.41. The fourth-order valence-corrected chi connectivity index (χ4v) is 7.31. The van der Waals surface area contributed by atoms with Gasteiger partial charge < -0.3 is 8.98 Å². The van der Waals surface area contributed by atoms with Gasteiger partial charge in [-0.3, -0.25) is 0 Å². The third-order valence-corrected chi connectivity index (χ3v) is 9.61. The second-order valence-electron chi connectivity index (χ2n) is 12.6. The summed E-state index contributed by atoms with van der Waals surface area (Å²) in [5.41, 5.74) is 13.2. The maximum absolute atomic E-state index is 6.51. The van der Waals surface area contributed by atoms with Gasteiger partial charge in [0.05, 0.1) is 11.0 Å². The van der Waals surface area contributed by atoms with Gasteiger partial charge in [0.1, 0.15) is 16.8 Å². The average molecular weight is 640 g/mol. The molecule has 50 heavy (non-hydrogen) atoms. The van der Waals surface area contributed by atoms with Gasteiger partial charge >= 0.3 is 0 Å². The summed E-state index contributed by atoms with van der Waals surface area (Å²) in [5, 5.41) is 3.45. The van der Waals surface area contributed by atoms with Gasteiger partial charge in [0.25, 0.3) is 0 Å². The van der Waals surface area contributed by atoms with Gasteiger partial charge in [-0.1, -0.05) is 133 Å². The predicted octanol–water partition coefficient (Wildman–Crippen LogP) is 12.1. The van der Waals surface area contributed by atoms with Crippen LogP contribution in [0.3, 0.4) is 0 Å². The molecule has 0 spiro atoms. The van der Waals surface area contributed by atoms with E-state index < -0.39 is 0 Å². The van der Waals surface area contributed by atoms with Crippen molar-refractivity contribution < 1.29 is 4.42 Å². The van der Waals surface area contributed by atoms with E-state index in [0.717, 1.165) is 50.1 Å². The van der Waals surface area contributed by atoms with E-state index in [-0.39, 0.29) is 0 Å². The maximum atomic E-state index is 6.51. The zero-order valence-corrected chi connectivity index (χ0v) is 27.0. The van der Waals surface area contributed by atoms with Gasteiger partial charge in [-0.25, -0.2) is 9.97 Å². The normalized spacial score (nSPS) is 11.6. The van der Waals surface area contributed by atoms with Crippen LogP contribution < -0.4 is 0 Å². The Morgan fingerprint density at radius 2 is 1.08 bits per heavy atom. The van der Waals surface area contributed by atoms with Crippen LogP contribution in [0.2, 0.25) is 0 Å². The Hall–Kier alpha value is -6.78. The minimum Gasteiger partial charge on any atom is -0.452 e. The molecular weight excluding hydrogens is 611 g/mol. The van der Waals surface area contributed by atoms with E-state index in [9.17, 15) is 0 Å². The molecule has 4 heteroatoms. The fraction of sp³-hybridized carbons (Fsp3) is 0. The molecule has 0 radical (unpaired) electrons. The number of nitrogens with zero attached hydrogens (tertiary/aromatic N) is 3. The first kappa shape index (κ1) is 28.3. The number of hydrogen-bond donors (Lipinski definition) is 0. The third-order valence-electron chi connectivity index (χ3n) is 9.61. The molecule has 0 aliphatic carbocycles. The van der Waals surface area contributed by atoms with Crippen LogP contribution in [0, 0.1) is 0 Å². The third kappa shape index (κ3) is 4.54. The first-order valence-electron chi connectivity index (χ1n) is 16.8. The molecule has 0 saturated heterocycles. The number of fused-ring (bicyclic) bond motifs is 6. The van der Waals surface area contributed by atoms with Crippen LogP contribution in [-0.4, -0.2) is 14.5 Å². The van der Waals surface area contributed by atoms with Crippen molar-refractivity contribution in [3.63, 3.8) is 0 Å². The number of para-hydroxylation sites is 2. The lowest BCUT2D eigenvalue weighted by atomic mass is 9.95. The second-order valence-corrected chi connectivity index (χ2v) is 12.6. The van der Waals surface area contributed by atoms with E-state index >= 15 is 0 Å². The smallest absolute Gasteiger partial charge is 0.180 e. The summed E-state index contributed by atoms with van der Waals surface area (Å²) in [7, 11) is 0. The zero-order chi connectivity index (χ0) is 33.0. The Morgan fingerprint density at radius 1 is 0.440 bits per heavy atom. The first-order chi connectivity index (χ1) is 24.8. The number of hydrogen-bond acceptors (Lipinski definition) is 3. The summed E-state index contributed by atoms with van der Waals surface area (Å²) < 4.78 is 8.88. The molecule has 0 bridgehead atoms. The van der Waals surface area contributed by atoms with Crippen LogP contribution in [0.4, 0.5) is 0 Å². The van der Waals surface area contributed by atoms with Gasteiger partial charge in [-0.05, 0) is 64.7 Å². The molecule has 0 unspecified atom stereocenters. The Labute approximate surface area is 288 Å². The van der Waals surface area contributed by atoms with Crippen LogP contribution in [0.25, 0.3) is 94.5 Å². The van der Waals surface area contributed by atoms with Gasteiger partial charge in [-0.2, -0.15) is 0 Å². The zero-order valence-electron chi connectivity index (χ0n) is 27.0. The molecule has 3 heterocycles. The fourth-order valence-electron chi connectivity index (χ4n) is 7.31. The van der Waals surface area contributed by atoms with Gasteiger partial charge in [0.15, 0.2) is 11.4 Å². The molecule has 0 N–H and O–H groups in total. The Bertz CT molecular complexity index is 2850. The van der Waals surface area contributed by atoms with Crippen LogP contribution in [-0.2, 0) is 0 Å². The van der Waals surface area contributed by atoms with Crippen molar-refractivity contribution >= 4 is 43.9 Å². The molecule has 0 atom stereocenters. The van der Waals surface area contributed by atoms with E-state index in [1.807, 2.05) is 48.5 Å². The van der Waals surface area contributed by atoms with Crippen molar-refractivity contribution in [2.75, 3.05) is 0 Å². The highest BCUT2D eigenvalue weighted by molar-refractivity contribution is 6.16. The van der Waals surface area contributed by atoms with E-state index in [1.165, 1.54) is 32.9 Å². The van der Waals surface area contributed by atoms with E-state index in [0.29, 0.717) is 11.4 Å². The standard InChI is InChI=1S/C46H29N3O/c1-4-14-30(15-5-1)43-45-44(48-46(47-43)31-16-6-2-7-17-31)38-29-33(26-27-41(38)50-45)32-18-12-19-34(28-32)36-23-13-25-40-42(36)37-22-10-11-24-39(37)49(40)35-20-8-3-9-21-35/h1-29H. The lowest BCUT2D eigenvalue weighted by molar-refractivity contribution is 0.667. The average Bonchev–Trinajstić information content (AvgIpc) is 3.74. The number of benzene rings is 7. The minimum absolute atomic E-state index is 0.676. The molecule has 10 rings (SSSR count). The van der Waals surface area contributed by atoms with Crippen molar-refractivity contribution in [2.45, 2.75) is 0 Å². The minimum atomic E-state index is 0.676. The summed E-state index contributed by atoms with van der Waals surface area (Å²) in [6.45, 7) is 0. The van der Waals surface area contributed by atoms with Gasteiger partial charge in [-0.15, -0.1) is 0 Å². The van der Waals surface area contributed by atoms with E-state index in [1.54, 1.807) is 0 Å². The quantitative estimate of drug-likeness (QED) is 0.188. The summed E-state index contributed by atoms with van der Waals surface area (Å²) in [6.07, 6.45) is 0. The molecule has 0 aliphatic heterocycles. The lowest BCUT2D eigenvalue weighted by Gasteiger charge is -2.10. The lowest BCUT2D eigenvalue weighted by Crippen LogP contribution is -1.93. The summed E-state index contributed by atoms with van der Waals surface area (Å²) in [6, 6.07) is 61.5. The molecule has 7 aromatic carbocycles.